The van der Waals surface area contributed by atoms with Crippen molar-refractivity contribution >= 4 is 5.91 Å². The van der Waals surface area contributed by atoms with Crippen molar-refractivity contribution in [1.29, 1.82) is 0 Å². The lowest BCUT2D eigenvalue weighted by Gasteiger charge is -2.31. The lowest BCUT2D eigenvalue weighted by atomic mass is 9.73. The molecule has 0 radical (unpaired) electrons. The number of carbonyl (C=O) groups is 1. The fourth-order valence-corrected chi connectivity index (χ4v) is 4.72. The first-order valence-corrected chi connectivity index (χ1v) is 6.00. The van der Waals surface area contributed by atoms with Crippen molar-refractivity contribution in [3.63, 3.8) is 0 Å². The van der Waals surface area contributed by atoms with Crippen LogP contribution in [0.4, 0.5) is 0 Å². The lowest BCUT2D eigenvalue weighted by molar-refractivity contribution is -0.119. The van der Waals surface area contributed by atoms with Gasteiger partial charge in [0.05, 0.1) is 6.04 Å². The molecule has 2 aliphatic carbocycles. The average Bonchev–Trinajstić information content (AvgIpc) is 2.43. The number of carbonyl (C=O) groups excluding carboxylic acids is 1. The summed E-state index contributed by atoms with van der Waals surface area (Å²) in [7, 11) is 0. The van der Waals surface area contributed by atoms with E-state index in [0.29, 0.717) is 16.2 Å². The first-order valence-electron chi connectivity index (χ1n) is 6.00. The third-order valence-electron chi connectivity index (χ3n) is 6.00. The van der Waals surface area contributed by atoms with Crippen molar-refractivity contribution in [3.05, 3.63) is 0 Å². The highest BCUT2D eigenvalue weighted by molar-refractivity contribution is 5.80. The topological polar surface area (TPSA) is 55.1 Å². The van der Waals surface area contributed by atoms with E-state index in [9.17, 15) is 4.79 Å². The van der Waals surface area contributed by atoms with Crippen LogP contribution in [0.5, 0.6) is 0 Å². The van der Waals surface area contributed by atoms with Gasteiger partial charge in [-0.3, -0.25) is 4.79 Å². The van der Waals surface area contributed by atoms with Gasteiger partial charge < -0.3 is 11.1 Å². The third kappa shape index (κ3) is 0.780. The highest BCUT2D eigenvalue weighted by Crippen LogP contribution is 2.87. The molecule has 3 aliphatic rings. The number of hydrogen-bond donors (Lipinski definition) is 2. The number of fused-ring (bicyclic) bond motifs is 1. The van der Waals surface area contributed by atoms with Gasteiger partial charge in [0.1, 0.15) is 0 Å². The summed E-state index contributed by atoms with van der Waals surface area (Å²) in [4.78, 5) is 11.2. The molecule has 3 heteroatoms. The van der Waals surface area contributed by atoms with Crippen LogP contribution in [0, 0.1) is 16.2 Å². The van der Waals surface area contributed by atoms with E-state index < -0.39 is 0 Å². The average molecular weight is 208 g/mol. The maximum absolute atomic E-state index is 11.2. The molecule has 2 spiro atoms. The first kappa shape index (κ1) is 9.64. The van der Waals surface area contributed by atoms with Crippen LogP contribution in [-0.2, 0) is 4.79 Å². The number of nitrogens with one attached hydrogen (secondary N) is 1. The Kier molecular flexibility index (Phi) is 1.54. The van der Waals surface area contributed by atoms with E-state index >= 15 is 0 Å². The summed E-state index contributed by atoms with van der Waals surface area (Å²) < 4.78 is 0. The molecule has 3 nitrogen and oxygen atoms in total. The van der Waals surface area contributed by atoms with Crippen molar-refractivity contribution in [1.82, 2.24) is 5.32 Å². The first-order chi connectivity index (χ1) is 6.97. The maximum Gasteiger partial charge on any atom is 0.234 e. The van der Waals surface area contributed by atoms with Gasteiger partial charge in [-0.25, -0.2) is 0 Å². The number of hydrogen-bond acceptors (Lipinski definition) is 2. The molecule has 1 saturated heterocycles. The second-order valence-electron chi connectivity index (χ2n) is 6.18. The Labute approximate surface area is 90.8 Å². The Hall–Kier alpha value is -0.570. The summed E-state index contributed by atoms with van der Waals surface area (Å²) in [6.45, 7) is 5.74. The molecule has 1 amide bonds. The van der Waals surface area contributed by atoms with Crippen LogP contribution in [0.15, 0.2) is 0 Å². The van der Waals surface area contributed by atoms with Crippen molar-refractivity contribution in [2.24, 2.45) is 22.0 Å². The van der Waals surface area contributed by atoms with Gasteiger partial charge in [0, 0.05) is 6.54 Å². The Balaban J connectivity index is 1.87. The van der Waals surface area contributed by atoms with Crippen LogP contribution in [-0.4, -0.2) is 18.5 Å². The Bertz CT molecular complexity index is 333. The summed E-state index contributed by atoms with van der Waals surface area (Å²) in [5, 5.41) is 3.31. The van der Waals surface area contributed by atoms with Gasteiger partial charge in [-0.2, -0.15) is 0 Å². The monoisotopic (exact) mass is 208 g/mol. The minimum absolute atomic E-state index is 0.0794. The standard InChI is InChI=1S/C12H20N2O/c1-10(2)11(4-3-5-11)12(10)6-8(9(13)15)14-7-12/h8,14H,3-7H2,1-2H3,(H2,13,15). The molecule has 1 aliphatic heterocycles. The van der Waals surface area contributed by atoms with E-state index in [0.717, 1.165) is 13.0 Å². The van der Waals surface area contributed by atoms with Gasteiger partial charge in [-0.1, -0.05) is 20.3 Å². The molecule has 3 rings (SSSR count). The van der Waals surface area contributed by atoms with Crippen LogP contribution >= 0.6 is 0 Å². The smallest absolute Gasteiger partial charge is 0.234 e. The molecule has 0 aromatic carbocycles. The molecular formula is C12H20N2O. The van der Waals surface area contributed by atoms with E-state index in [2.05, 4.69) is 19.2 Å². The predicted molar refractivity (Wildman–Crippen MR) is 58.1 cm³/mol. The highest BCUT2D eigenvalue weighted by atomic mass is 16.1. The summed E-state index contributed by atoms with van der Waals surface area (Å²) in [6, 6.07) is -0.0794. The summed E-state index contributed by atoms with van der Waals surface area (Å²) in [5.41, 5.74) is 6.71. The lowest BCUT2D eigenvalue weighted by Crippen LogP contribution is -2.36. The number of primary amides is 1. The van der Waals surface area contributed by atoms with Gasteiger partial charge in [0.15, 0.2) is 0 Å². The van der Waals surface area contributed by atoms with Gasteiger partial charge in [0.2, 0.25) is 5.91 Å². The van der Waals surface area contributed by atoms with E-state index in [1.807, 2.05) is 0 Å². The fraction of sp³-hybridized carbons (Fsp3) is 0.917. The molecule has 84 valence electrons. The SMILES string of the molecule is CC1(C)C2(CCC2)C12CNC(C(N)=O)C2. The maximum atomic E-state index is 11.2. The van der Waals surface area contributed by atoms with E-state index in [-0.39, 0.29) is 11.9 Å². The largest absolute Gasteiger partial charge is 0.368 e. The van der Waals surface area contributed by atoms with Crippen LogP contribution in [0.2, 0.25) is 0 Å². The van der Waals surface area contributed by atoms with Crippen molar-refractivity contribution < 1.29 is 4.79 Å². The van der Waals surface area contributed by atoms with Gasteiger partial charge in [-0.15, -0.1) is 0 Å². The van der Waals surface area contributed by atoms with Crippen LogP contribution in [0.3, 0.4) is 0 Å². The molecule has 3 fully saturated rings. The molecule has 1 heterocycles. The summed E-state index contributed by atoms with van der Waals surface area (Å²) in [6.07, 6.45) is 5.04. The molecular weight excluding hydrogens is 188 g/mol. The van der Waals surface area contributed by atoms with Crippen LogP contribution in [0.25, 0.3) is 0 Å². The molecule has 2 unspecified atom stereocenters. The highest BCUT2D eigenvalue weighted by Gasteiger charge is 2.83. The second kappa shape index (κ2) is 2.40. The molecule has 0 aromatic rings. The molecule has 15 heavy (non-hydrogen) atoms. The zero-order valence-electron chi connectivity index (χ0n) is 9.60. The second-order valence-corrected chi connectivity index (χ2v) is 6.18. The van der Waals surface area contributed by atoms with Crippen molar-refractivity contribution in [3.8, 4) is 0 Å². The molecule has 2 saturated carbocycles. The van der Waals surface area contributed by atoms with E-state index in [1.165, 1.54) is 19.3 Å². The fourth-order valence-electron chi connectivity index (χ4n) is 4.72. The normalized spacial score (nSPS) is 44.3. The summed E-state index contributed by atoms with van der Waals surface area (Å²) in [5.74, 6) is -0.177. The Morgan fingerprint density at radius 2 is 2.00 bits per heavy atom. The third-order valence-corrected chi connectivity index (χ3v) is 6.00. The molecule has 0 aromatic heterocycles. The molecule has 3 N–H and O–H groups in total. The van der Waals surface area contributed by atoms with E-state index in [4.69, 9.17) is 5.73 Å². The minimum atomic E-state index is -0.177. The van der Waals surface area contributed by atoms with Gasteiger partial charge >= 0.3 is 0 Å². The van der Waals surface area contributed by atoms with Crippen LogP contribution < -0.4 is 11.1 Å². The van der Waals surface area contributed by atoms with Crippen molar-refractivity contribution in [2.75, 3.05) is 6.54 Å². The number of rotatable bonds is 1. The zero-order chi connectivity index (χ0) is 10.9. The minimum Gasteiger partial charge on any atom is -0.368 e. The zero-order valence-corrected chi connectivity index (χ0v) is 9.60. The summed E-state index contributed by atoms with van der Waals surface area (Å²) >= 11 is 0. The van der Waals surface area contributed by atoms with Gasteiger partial charge in [-0.05, 0) is 35.5 Å². The van der Waals surface area contributed by atoms with Crippen LogP contribution in [0.1, 0.15) is 39.5 Å². The van der Waals surface area contributed by atoms with Gasteiger partial charge in [0.25, 0.3) is 0 Å². The Morgan fingerprint density at radius 3 is 2.33 bits per heavy atom. The number of amides is 1. The van der Waals surface area contributed by atoms with Crippen molar-refractivity contribution in [2.45, 2.75) is 45.6 Å². The molecule has 2 atom stereocenters. The predicted octanol–water partition coefficient (Wildman–Crippen LogP) is 1.03. The van der Waals surface area contributed by atoms with E-state index in [1.54, 1.807) is 0 Å². The Morgan fingerprint density at radius 1 is 1.33 bits per heavy atom. The quantitative estimate of drug-likeness (QED) is 0.676. The molecule has 0 bridgehead atoms. The number of nitrogens with two attached hydrogens (primary N) is 1.